The molecule has 1 aromatic carbocycles. The first-order valence-electron chi connectivity index (χ1n) is 9.96. The Morgan fingerprint density at radius 2 is 1.96 bits per heavy atom. The minimum atomic E-state index is -0.583. The van der Waals surface area contributed by atoms with Gasteiger partial charge in [-0.3, -0.25) is 9.59 Å². The second-order valence-electron chi connectivity index (χ2n) is 8.74. The molecule has 27 heavy (non-hydrogen) atoms. The minimum absolute atomic E-state index is 0.184. The number of esters is 2. The number of hydrogen-bond donors (Lipinski definition) is 1. The number of fused-ring (bicyclic) bond motifs is 5. The first-order valence-corrected chi connectivity index (χ1v) is 9.96. The lowest BCUT2D eigenvalue weighted by atomic mass is 9.55. The quantitative estimate of drug-likeness (QED) is 0.636. The number of ether oxygens (including phenoxy) is 2. The summed E-state index contributed by atoms with van der Waals surface area (Å²) in [6.07, 6.45) is 3.75. The maximum Gasteiger partial charge on any atom is 0.308 e. The highest BCUT2D eigenvalue weighted by Crippen LogP contribution is 2.61. The van der Waals surface area contributed by atoms with E-state index in [1.807, 2.05) is 12.1 Å². The van der Waals surface area contributed by atoms with E-state index in [0.29, 0.717) is 23.5 Å². The first kappa shape index (κ1) is 18.5. The van der Waals surface area contributed by atoms with Crippen molar-refractivity contribution in [1.82, 2.24) is 0 Å². The van der Waals surface area contributed by atoms with E-state index in [2.05, 4.69) is 13.0 Å². The van der Waals surface area contributed by atoms with Crippen molar-refractivity contribution in [3.63, 3.8) is 0 Å². The summed E-state index contributed by atoms with van der Waals surface area (Å²) in [5.41, 5.74) is 2.44. The third kappa shape index (κ3) is 3.06. The Labute approximate surface area is 160 Å². The van der Waals surface area contributed by atoms with Gasteiger partial charge >= 0.3 is 11.9 Å². The standard InChI is InChI=1S/C22H28O5/c1-12(23)26-15-5-7-16-14(10-15)4-6-18-17(16)8-9-22(3)19(18)11-20(21(22)25)27-13(2)24/h5,7,10,17-21,25H,4,6,8-9,11H2,1-3H3/t17-,18+,19+,20+,21-,22-/m0/s1. The number of carbonyl (C=O) groups excluding carboxylic acids is 2. The molecule has 0 amide bonds. The lowest BCUT2D eigenvalue weighted by molar-refractivity contribution is -0.153. The largest absolute Gasteiger partial charge is 0.460 e. The number of aliphatic hydroxyl groups is 1. The van der Waals surface area contributed by atoms with Gasteiger partial charge in [0.25, 0.3) is 0 Å². The van der Waals surface area contributed by atoms with Crippen molar-refractivity contribution < 1.29 is 24.2 Å². The van der Waals surface area contributed by atoms with Crippen LogP contribution in [0, 0.1) is 17.3 Å². The van der Waals surface area contributed by atoms with Gasteiger partial charge in [-0.2, -0.15) is 0 Å². The van der Waals surface area contributed by atoms with Crippen LogP contribution in [0.15, 0.2) is 18.2 Å². The van der Waals surface area contributed by atoms with Crippen LogP contribution < -0.4 is 4.74 Å². The molecule has 1 N–H and O–H groups in total. The van der Waals surface area contributed by atoms with Crippen LogP contribution in [0.4, 0.5) is 0 Å². The van der Waals surface area contributed by atoms with Crippen molar-refractivity contribution in [2.45, 2.75) is 71.0 Å². The number of benzene rings is 1. The van der Waals surface area contributed by atoms with E-state index in [-0.39, 0.29) is 23.5 Å². The molecule has 0 heterocycles. The zero-order valence-corrected chi connectivity index (χ0v) is 16.2. The van der Waals surface area contributed by atoms with Gasteiger partial charge in [0.05, 0.1) is 6.10 Å². The van der Waals surface area contributed by atoms with E-state index in [1.54, 1.807) is 0 Å². The van der Waals surface area contributed by atoms with Crippen molar-refractivity contribution in [1.29, 1.82) is 0 Å². The van der Waals surface area contributed by atoms with Gasteiger partial charge in [-0.15, -0.1) is 0 Å². The normalized spacial score (nSPS) is 37.0. The zero-order chi connectivity index (χ0) is 19.3. The Morgan fingerprint density at radius 1 is 1.19 bits per heavy atom. The van der Waals surface area contributed by atoms with Gasteiger partial charge in [-0.1, -0.05) is 13.0 Å². The highest BCUT2D eigenvalue weighted by molar-refractivity contribution is 5.69. The van der Waals surface area contributed by atoms with Crippen molar-refractivity contribution in [3.05, 3.63) is 29.3 Å². The molecule has 0 spiro atoms. The molecule has 2 fully saturated rings. The fraction of sp³-hybridized carbons (Fsp3) is 0.636. The molecule has 3 aliphatic rings. The molecular weight excluding hydrogens is 344 g/mol. The predicted molar refractivity (Wildman–Crippen MR) is 99.3 cm³/mol. The van der Waals surface area contributed by atoms with Crippen molar-refractivity contribution in [2.75, 3.05) is 0 Å². The Hall–Kier alpha value is -1.88. The van der Waals surface area contributed by atoms with E-state index in [9.17, 15) is 14.7 Å². The van der Waals surface area contributed by atoms with E-state index in [1.165, 1.54) is 25.0 Å². The Balaban J connectivity index is 1.60. The molecule has 0 radical (unpaired) electrons. The summed E-state index contributed by atoms with van der Waals surface area (Å²) in [7, 11) is 0. The average molecular weight is 372 g/mol. The van der Waals surface area contributed by atoms with Gasteiger partial charge in [0.1, 0.15) is 11.9 Å². The van der Waals surface area contributed by atoms with Gasteiger partial charge in [0.15, 0.2) is 0 Å². The van der Waals surface area contributed by atoms with Gasteiger partial charge in [0, 0.05) is 19.3 Å². The van der Waals surface area contributed by atoms with Crippen LogP contribution in [-0.4, -0.2) is 29.3 Å². The molecule has 5 nitrogen and oxygen atoms in total. The monoisotopic (exact) mass is 372 g/mol. The SMILES string of the molecule is CC(=O)Oc1ccc2c(c1)CC[C@H]1[C@H]3C[C@@H](OC(C)=O)[C@H](O)[C@@]3(C)CC[C@@H]21. The molecule has 0 bridgehead atoms. The molecule has 4 rings (SSSR count). The van der Waals surface area contributed by atoms with Crippen LogP contribution in [0.25, 0.3) is 0 Å². The third-order valence-electron chi connectivity index (χ3n) is 7.23. The number of rotatable bonds is 2. The summed E-state index contributed by atoms with van der Waals surface area (Å²) in [6.45, 7) is 5.00. The van der Waals surface area contributed by atoms with Gasteiger partial charge in [-0.05, 0) is 73.1 Å². The van der Waals surface area contributed by atoms with E-state index >= 15 is 0 Å². The second-order valence-corrected chi connectivity index (χ2v) is 8.74. The molecule has 0 saturated heterocycles. The van der Waals surface area contributed by atoms with Crippen molar-refractivity contribution in [2.24, 2.45) is 17.3 Å². The number of aliphatic hydroxyl groups excluding tert-OH is 1. The molecule has 1 aromatic rings. The molecule has 3 aliphatic carbocycles. The summed E-state index contributed by atoms with van der Waals surface area (Å²) < 4.78 is 10.7. The first-order chi connectivity index (χ1) is 12.8. The fourth-order valence-electron chi connectivity index (χ4n) is 6.08. The highest BCUT2D eigenvalue weighted by atomic mass is 16.6. The van der Waals surface area contributed by atoms with Gasteiger partial charge in [0.2, 0.25) is 0 Å². The third-order valence-corrected chi connectivity index (χ3v) is 7.23. The molecule has 0 unspecified atom stereocenters. The summed E-state index contributed by atoms with van der Waals surface area (Å²) in [4.78, 5) is 22.7. The molecule has 0 aliphatic heterocycles. The molecular formula is C22H28O5. The molecule has 146 valence electrons. The van der Waals surface area contributed by atoms with E-state index in [4.69, 9.17) is 9.47 Å². The zero-order valence-electron chi connectivity index (χ0n) is 16.2. The Morgan fingerprint density at radius 3 is 2.67 bits per heavy atom. The summed E-state index contributed by atoms with van der Waals surface area (Å²) >= 11 is 0. The van der Waals surface area contributed by atoms with Crippen LogP contribution in [0.2, 0.25) is 0 Å². The van der Waals surface area contributed by atoms with Crippen LogP contribution in [0.3, 0.4) is 0 Å². The van der Waals surface area contributed by atoms with Crippen LogP contribution in [0.1, 0.15) is 63.5 Å². The number of aryl methyl sites for hydroxylation is 1. The average Bonchev–Trinajstić information content (AvgIpc) is 2.85. The van der Waals surface area contributed by atoms with Crippen LogP contribution >= 0.6 is 0 Å². The fourth-order valence-corrected chi connectivity index (χ4v) is 6.08. The maximum absolute atomic E-state index is 11.4. The van der Waals surface area contributed by atoms with Gasteiger partial charge < -0.3 is 14.6 Å². The number of carbonyl (C=O) groups is 2. The molecule has 2 saturated carbocycles. The Kier molecular flexibility index (Phi) is 4.53. The molecule has 5 heteroatoms. The van der Waals surface area contributed by atoms with E-state index in [0.717, 1.165) is 32.1 Å². The highest BCUT2D eigenvalue weighted by Gasteiger charge is 2.59. The minimum Gasteiger partial charge on any atom is -0.460 e. The van der Waals surface area contributed by atoms with E-state index < -0.39 is 6.10 Å². The smallest absolute Gasteiger partial charge is 0.308 e. The molecule has 6 atom stereocenters. The molecule has 0 aromatic heterocycles. The van der Waals surface area contributed by atoms with Crippen molar-refractivity contribution in [3.8, 4) is 5.75 Å². The summed E-state index contributed by atoms with van der Waals surface area (Å²) in [6, 6.07) is 6.01. The second kappa shape index (κ2) is 6.62. The maximum atomic E-state index is 11.4. The van der Waals surface area contributed by atoms with Crippen LogP contribution in [-0.2, 0) is 20.7 Å². The Bertz CT molecular complexity index is 772. The van der Waals surface area contributed by atoms with Crippen LogP contribution in [0.5, 0.6) is 5.75 Å². The number of hydrogen-bond acceptors (Lipinski definition) is 5. The predicted octanol–water partition coefficient (Wildman–Crippen LogP) is 3.37. The summed E-state index contributed by atoms with van der Waals surface area (Å²) in [5.74, 6) is 1.31. The lowest BCUT2D eigenvalue weighted by Gasteiger charge is -2.49. The van der Waals surface area contributed by atoms with Gasteiger partial charge in [-0.25, -0.2) is 0 Å². The topological polar surface area (TPSA) is 72.8 Å². The lowest BCUT2D eigenvalue weighted by Crippen LogP contribution is -2.45. The van der Waals surface area contributed by atoms with Crippen molar-refractivity contribution >= 4 is 11.9 Å². The summed E-state index contributed by atoms with van der Waals surface area (Å²) in [5, 5.41) is 10.9.